The lowest BCUT2D eigenvalue weighted by Gasteiger charge is -2.37. The van der Waals surface area contributed by atoms with Crippen molar-refractivity contribution in [2.24, 2.45) is 0 Å². The van der Waals surface area contributed by atoms with Gasteiger partial charge in [0.15, 0.2) is 17.3 Å². The molecule has 2 aromatic rings. The summed E-state index contributed by atoms with van der Waals surface area (Å²) in [6.07, 6.45) is 5.01. The highest BCUT2D eigenvalue weighted by Gasteiger charge is 2.40. The molecule has 2 aliphatic heterocycles. The number of nitrogens with one attached hydrogen (secondary N) is 1. The fourth-order valence-electron chi connectivity index (χ4n) is 3.25. The summed E-state index contributed by atoms with van der Waals surface area (Å²) in [5, 5.41) is 11.1. The van der Waals surface area contributed by atoms with E-state index in [1.165, 1.54) is 0 Å². The number of anilines is 1. The standard InChI is InChI=1S/C18H21N5O3/c24-17(20-13-14-3-7-19-8-4-14)15-1-2-16(22-21-15)23-9-5-18(6-10-23)25-11-12-26-18/h1-4,7-8H,5-6,9-13H2,(H,20,24). The van der Waals surface area contributed by atoms with Crippen LogP contribution in [0.1, 0.15) is 28.9 Å². The number of piperidine rings is 1. The number of carbonyl (C=O) groups excluding carboxylic acids is 1. The van der Waals surface area contributed by atoms with Crippen LogP contribution in [0.15, 0.2) is 36.7 Å². The zero-order valence-corrected chi connectivity index (χ0v) is 14.4. The molecule has 2 fully saturated rings. The van der Waals surface area contributed by atoms with Crippen LogP contribution in [0.3, 0.4) is 0 Å². The van der Waals surface area contributed by atoms with Gasteiger partial charge in [-0.15, -0.1) is 10.2 Å². The Bertz CT molecular complexity index is 737. The van der Waals surface area contributed by atoms with Crippen molar-refractivity contribution in [1.29, 1.82) is 0 Å². The molecule has 0 atom stereocenters. The minimum Gasteiger partial charge on any atom is -0.355 e. The van der Waals surface area contributed by atoms with Crippen LogP contribution in [0.2, 0.25) is 0 Å². The number of amides is 1. The van der Waals surface area contributed by atoms with Gasteiger partial charge in [0, 0.05) is 44.9 Å². The van der Waals surface area contributed by atoms with Crippen LogP contribution in [0.4, 0.5) is 5.82 Å². The van der Waals surface area contributed by atoms with Gasteiger partial charge in [-0.25, -0.2) is 0 Å². The Morgan fingerprint density at radius 1 is 1.08 bits per heavy atom. The molecule has 8 nitrogen and oxygen atoms in total. The number of hydrogen-bond acceptors (Lipinski definition) is 7. The number of pyridine rings is 1. The predicted octanol–water partition coefficient (Wildman–Crippen LogP) is 1.14. The van der Waals surface area contributed by atoms with Gasteiger partial charge in [-0.1, -0.05) is 0 Å². The summed E-state index contributed by atoms with van der Waals surface area (Å²) in [5.41, 5.74) is 1.29. The third-order valence-corrected chi connectivity index (χ3v) is 4.75. The van der Waals surface area contributed by atoms with Gasteiger partial charge in [-0.3, -0.25) is 9.78 Å². The summed E-state index contributed by atoms with van der Waals surface area (Å²) < 4.78 is 11.5. The number of ether oxygens (including phenoxy) is 2. The van der Waals surface area contributed by atoms with Crippen molar-refractivity contribution in [3.8, 4) is 0 Å². The molecule has 2 aromatic heterocycles. The van der Waals surface area contributed by atoms with Crippen LogP contribution < -0.4 is 10.2 Å². The van der Waals surface area contributed by atoms with Crippen molar-refractivity contribution >= 4 is 11.7 Å². The summed E-state index contributed by atoms with van der Waals surface area (Å²) >= 11 is 0. The molecule has 4 rings (SSSR count). The van der Waals surface area contributed by atoms with Gasteiger partial charge in [-0.2, -0.15) is 0 Å². The van der Waals surface area contributed by atoms with Crippen LogP contribution in [0, 0.1) is 0 Å². The second-order valence-corrected chi connectivity index (χ2v) is 6.41. The summed E-state index contributed by atoms with van der Waals surface area (Å²) in [7, 11) is 0. The molecule has 1 spiro atoms. The highest BCUT2D eigenvalue weighted by molar-refractivity contribution is 5.92. The molecule has 1 amide bonds. The molecule has 4 heterocycles. The molecule has 0 bridgehead atoms. The van der Waals surface area contributed by atoms with Crippen LogP contribution >= 0.6 is 0 Å². The van der Waals surface area contributed by atoms with Gasteiger partial charge in [-0.05, 0) is 29.8 Å². The van der Waals surface area contributed by atoms with E-state index in [4.69, 9.17) is 9.47 Å². The van der Waals surface area contributed by atoms with E-state index in [9.17, 15) is 4.79 Å². The largest absolute Gasteiger partial charge is 0.355 e. The highest BCUT2D eigenvalue weighted by Crippen LogP contribution is 2.32. The quantitative estimate of drug-likeness (QED) is 0.880. The fraction of sp³-hybridized carbons (Fsp3) is 0.444. The van der Waals surface area contributed by atoms with Crippen molar-refractivity contribution in [2.45, 2.75) is 25.2 Å². The van der Waals surface area contributed by atoms with E-state index in [-0.39, 0.29) is 5.91 Å². The lowest BCUT2D eigenvalue weighted by molar-refractivity contribution is -0.169. The Balaban J connectivity index is 1.32. The third-order valence-electron chi connectivity index (χ3n) is 4.75. The topological polar surface area (TPSA) is 89.5 Å². The Kier molecular flexibility index (Phi) is 4.77. The maximum absolute atomic E-state index is 12.2. The highest BCUT2D eigenvalue weighted by atomic mass is 16.7. The predicted molar refractivity (Wildman–Crippen MR) is 93.5 cm³/mol. The molecule has 0 radical (unpaired) electrons. The Hall–Kier alpha value is -2.58. The van der Waals surface area contributed by atoms with Crippen molar-refractivity contribution < 1.29 is 14.3 Å². The molecule has 2 saturated heterocycles. The lowest BCUT2D eigenvalue weighted by atomic mass is 10.0. The number of hydrogen-bond donors (Lipinski definition) is 1. The minimum atomic E-state index is -0.406. The summed E-state index contributed by atoms with van der Waals surface area (Å²) in [6, 6.07) is 7.26. The van der Waals surface area contributed by atoms with Gasteiger partial charge < -0.3 is 19.7 Å². The monoisotopic (exact) mass is 355 g/mol. The average molecular weight is 355 g/mol. The van der Waals surface area contributed by atoms with Crippen molar-refractivity contribution in [3.63, 3.8) is 0 Å². The molecular formula is C18H21N5O3. The molecule has 0 unspecified atom stereocenters. The second-order valence-electron chi connectivity index (χ2n) is 6.41. The molecule has 2 aliphatic rings. The Morgan fingerprint density at radius 2 is 1.81 bits per heavy atom. The van der Waals surface area contributed by atoms with E-state index in [2.05, 4.69) is 25.4 Å². The van der Waals surface area contributed by atoms with Gasteiger partial charge in [0.05, 0.1) is 13.2 Å². The van der Waals surface area contributed by atoms with Gasteiger partial charge in [0.1, 0.15) is 0 Å². The number of aromatic nitrogens is 3. The molecule has 0 saturated carbocycles. The summed E-state index contributed by atoms with van der Waals surface area (Å²) in [5.74, 6) is 0.117. The number of nitrogens with zero attached hydrogens (tertiary/aromatic N) is 4. The second kappa shape index (κ2) is 7.35. The van der Waals surface area contributed by atoms with Crippen molar-refractivity contribution in [1.82, 2.24) is 20.5 Å². The van der Waals surface area contributed by atoms with Crippen LogP contribution in [0.5, 0.6) is 0 Å². The molecule has 0 aliphatic carbocycles. The SMILES string of the molecule is O=C(NCc1ccncc1)c1ccc(N2CCC3(CC2)OCCO3)nn1. The van der Waals surface area contributed by atoms with E-state index in [0.29, 0.717) is 25.5 Å². The molecule has 0 aromatic carbocycles. The zero-order chi connectivity index (χ0) is 17.8. The molecule has 8 heteroatoms. The maximum atomic E-state index is 12.2. The fourth-order valence-corrected chi connectivity index (χ4v) is 3.25. The molecule has 26 heavy (non-hydrogen) atoms. The van der Waals surface area contributed by atoms with E-state index in [1.54, 1.807) is 18.5 Å². The van der Waals surface area contributed by atoms with Gasteiger partial charge in [0.2, 0.25) is 0 Å². The normalized spacial score (nSPS) is 18.8. The van der Waals surface area contributed by atoms with Crippen LogP contribution in [-0.2, 0) is 16.0 Å². The van der Waals surface area contributed by atoms with Crippen LogP contribution in [0.25, 0.3) is 0 Å². The first kappa shape index (κ1) is 16.9. The molecule has 1 N–H and O–H groups in total. The molecular weight excluding hydrogens is 334 g/mol. The van der Waals surface area contributed by atoms with E-state index in [1.807, 2.05) is 18.2 Å². The third kappa shape index (κ3) is 3.66. The smallest absolute Gasteiger partial charge is 0.272 e. The van der Waals surface area contributed by atoms with Crippen molar-refractivity contribution in [3.05, 3.63) is 47.9 Å². The maximum Gasteiger partial charge on any atom is 0.272 e. The first-order valence-corrected chi connectivity index (χ1v) is 8.78. The first-order valence-electron chi connectivity index (χ1n) is 8.78. The minimum absolute atomic E-state index is 0.244. The lowest BCUT2D eigenvalue weighted by Crippen LogP contribution is -2.45. The Morgan fingerprint density at radius 3 is 2.46 bits per heavy atom. The Labute approximate surface area is 151 Å². The van der Waals surface area contributed by atoms with Gasteiger partial charge >= 0.3 is 0 Å². The van der Waals surface area contributed by atoms with Crippen molar-refractivity contribution in [2.75, 3.05) is 31.2 Å². The number of rotatable bonds is 4. The molecule has 136 valence electrons. The van der Waals surface area contributed by atoms with E-state index < -0.39 is 5.79 Å². The number of carbonyl (C=O) groups is 1. The van der Waals surface area contributed by atoms with E-state index >= 15 is 0 Å². The average Bonchev–Trinajstić information content (AvgIpc) is 3.16. The van der Waals surface area contributed by atoms with Gasteiger partial charge in [0.25, 0.3) is 5.91 Å². The zero-order valence-electron chi connectivity index (χ0n) is 14.4. The first-order chi connectivity index (χ1) is 12.7. The van der Waals surface area contributed by atoms with E-state index in [0.717, 1.165) is 37.3 Å². The van der Waals surface area contributed by atoms with Crippen LogP contribution in [-0.4, -0.2) is 53.2 Å². The summed E-state index contributed by atoms with van der Waals surface area (Å²) in [6.45, 7) is 3.36. The summed E-state index contributed by atoms with van der Waals surface area (Å²) in [4.78, 5) is 18.3.